The molecular formula is C17H18N2O6. The number of nitro groups is 2. The van der Waals surface area contributed by atoms with Crippen LogP contribution in [0.3, 0.4) is 0 Å². The van der Waals surface area contributed by atoms with Crippen LogP contribution < -0.4 is 9.47 Å². The van der Waals surface area contributed by atoms with E-state index < -0.39 is 9.85 Å². The minimum absolute atomic E-state index is 0.0647. The molecule has 132 valence electrons. The van der Waals surface area contributed by atoms with E-state index in [0.717, 1.165) is 0 Å². The molecule has 0 atom stereocenters. The van der Waals surface area contributed by atoms with Gasteiger partial charge < -0.3 is 9.47 Å². The lowest BCUT2D eigenvalue weighted by atomic mass is 10.1. The van der Waals surface area contributed by atoms with Gasteiger partial charge in [-0.25, -0.2) is 0 Å². The summed E-state index contributed by atoms with van der Waals surface area (Å²) in [5.41, 5.74) is 2.14. The second-order valence-electron chi connectivity index (χ2n) is 5.73. The van der Waals surface area contributed by atoms with E-state index in [-0.39, 0.29) is 18.2 Å². The second kappa shape index (κ2) is 7.16. The summed E-state index contributed by atoms with van der Waals surface area (Å²) in [5.74, 6) is 0.909. The van der Waals surface area contributed by atoms with Crippen molar-refractivity contribution >= 4 is 11.4 Å². The van der Waals surface area contributed by atoms with E-state index in [1.165, 1.54) is 0 Å². The summed E-state index contributed by atoms with van der Waals surface area (Å²) in [5, 5.41) is 22.0. The Kier molecular flexibility index (Phi) is 5.21. The minimum Gasteiger partial charge on any atom is -0.457 e. The third kappa shape index (κ3) is 4.03. The summed E-state index contributed by atoms with van der Waals surface area (Å²) in [7, 11) is 0. The van der Waals surface area contributed by atoms with Crippen molar-refractivity contribution < 1.29 is 19.3 Å². The smallest absolute Gasteiger partial charge is 0.275 e. The van der Waals surface area contributed by atoms with Crippen molar-refractivity contribution in [2.24, 2.45) is 0 Å². The van der Waals surface area contributed by atoms with Crippen LogP contribution in [0.5, 0.6) is 11.5 Å². The Balaban J connectivity index is 2.09. The number of hydrogen-bond acceptors (Lipinski definition) is 6. The molecule has 8 heteroatoms. The number of nitrogens with zero attached hydrogens (tertiary/aromatic N) is 2. The van der Waals surface area contributed by atoms with Crippen LogP contribution in [0.25, 0.3) is 0 Å². The molecule has 2 aromatic carbocycles. The lowest BCUT2D eigenvalue weighted by Crippen LogP contribution is -2.07. The van der Waals surface area contributed by atoms with Gasteiger partial charge in [-0.1, -0.05) is 0 Å². The van der Waals surface area contributed by atoms with Crippen LogP contribution in [0.4, 0.5) is 11.4 Å². The summed E-state index contributed by atoms with van der Waals surface area (Å²) < 4.78 is 11.0. The van der Waals surface area contributed by atoms with Crippen molar-refractivity contribution in [3.8, 4) is 11.5 Å². The molecule has 0 amide bonds. The van der Waals surface area contributed by atoms with Crippen molar-refractivity contribution in [3.05, 3.63) is 66.7 Å². The summed E-state index contributed by atoms with van der Waals surface area (Å²) in [6.45, 7) is 6.45. The third-order valence-electron chi connectivity index (χ3n) is 3.75. The predicted octanol–water partition coefficient (Wildman–Crippen LogP) is 4.15. The molecule has 0 spiro atoms. The van der Waals surface area contributed by atoms with Crippen molar-refractivity contribution in [3.63, 3.8) is 0 Å². The highest BCUT2D eigenvalue weighted by Gasteiger charge is 2.17. The summed E-state index contributed by atoms with van der Waals surface area (Å²) in [4.78, 5) is 21.1. The number of ether oxygens (including phenoxy) is 2. The summed E-state index contributed by atoms with van der Waals surface area (Å²) >= 11 is 0. The van der Waals surface area contributed by atoms with E-state index in [2.05, 4.69) is 0 Å². The Morgan fingerprint density at radius 3 is 1.24 bits per heavy atom. The standard InChI is InChI=1S/C17H18N2O6/c1-10-5-14(6-11(2)16(10)18(20)21)24-9-25-15-7-12(3)17(19(22)23)13(4)8-15/h5-8H,9H2,1-4H3. The van der Waals surface area contributed by atoms with Crippen molar-refractivity contribution in [1.29, 1.82) is 0 Å². The van der Waals surface area contributed by atoms with Crippen LogP contribution >= 0.6 is 0 Å². The molecule has 0 aromatic heterocycles. The topological polar surface area (TPSA) is 105 Å². The third-order valence-corrected chi connectivity index (χ3v) is 3.75. The molecule has 0 fully saturated rings. The molecule has 0 aliphatic rings. The van der Waals surface area contributed by atoms with Crippen LogP contribution in [0.15, 0.2) is 24.3 Å². The Labute approximate surface area is 144 Å². The molecule has 0 unspecified atom stereocenters. The SMILES string of the molecule is Cc1cc(OCOc2cc(C)c([N+](=O)[O-])c(C)c2)cc(C)c1[N+](=O)[O-]. The molecule has 0 saturated heterocycles. The van der Waals surface area contributed by atoms with Gasteiger partial charge >= 0.3 is 0 Å². The molecule has 25 heavy (non-hydrogen) atoms. The monoisotopic (exact) mass is 346 g/mol. The van der Waals surface area contributed by atoms with Gasteiger partial charge in [0.2, 0.25) is 6.79 Å². The van der Waals surface area contributed by atoms with Gasteiger partial charge in [0.25, 0.3) is 11.4 Å². The highest BCUT2D eigenvalue weighted by Crippen LogP contribution is 2.29. The zero-order valence-electron chi connectivity index (χ0n) is 14.4. The predicted molar refractivity (Wildman–Crippen MR) is 91.3 cm³/mol. The zero-order valence-corrected chi connectivity index (χ0v) is 14.4. The van der Waals surface area contributed by atoms with Crippen LogP contribution in [-0.2, 0) is 0 Å². The first-order valence-corrected chi connectivity index (χ1v) is 7.47. The molecule has 0 N–H and O–H groups in total. The largest absolute Gasteiger partial charge is 0.457 e. The van der Waals surface area contributed by atoms with Crippen molar-refractivity contribution in [1.82, 2.24) is 0 Å². The van der Waals surface area contributed by atoms with Crippen LogP contribution in [-0.4, -0.2) is 16.6 Å². The molecule has 0 aliphatic carbocycles. The molecule has 2 rings (SSSR count). The van der Waals surface area contributed by atoms with Gasteiger partial charge in [-0.3, -0.25) is 20.2 Å². The first-order valence-electron chi connectivity index (χ1n) is 7.47. The van der Waals surface area contributed by atoms with E-state index in [1.54, 1.807) is 52.0 Å². The molecule has 0 aliphatic heterocycles. The molecule has 0 heterocycles. The molecule has 0 saturated carbocycles. The quantitative estimate of drug-likeness (QED) is 0.442. The van der Waals surface area contributed by atoms with Gasteiger partial charge in [-0.2, -0.15) is 0 Å². The lowest BCUT2D eigenvalue weighted by Gasteiger charge is -2.11. The highest BCUT2D eigenvalue weighted by atomic mass is 16.7. The number of nitro benzene ring substituents is 2. The fourth-order valence-corrected chi connectivity index (χ4v) is 2.74. The van der Waals surface area contributed by atoms with Crippen LogP contribution in [0.1, 0.15) is 22.3 Å². The van der Waals surface area contributed by atoms with E-state index in [0.29, 0.717) is 33.8 Å². The van der Waals surface area contributed by atoms with Crippen molar-refractivity contribution in [2.75, 3.05) is 6.79 Å². The Morgan fingerprint density at radius 2 is 1.00 bits per heavy atom. The molecule has 0 bridgehead atoms. The Hall–Kier alpha value is -3.16. The first-order chi connectivity index (χ1) is 11.7. The van der Waals surface area contributed by atoms with Crippen LogP contribution in [0, 0.1) is 47.9 Å². The summed E-state index contributed by atoms with van der Waals surface area (Å²) in [6.07, 6.45) is 0. The molecule has 0 radical (unpaired) electrons. The maximum Gasteiger partial charge on any atom is 0.275 e. The number of rotatable bonds is 6. The van der Waals surface area contributed by atoms with Gasteiger partial charge in [-0.05, 0) is 52.0 Å². The number of hydrogen-bond donors (Lipinski definition) is 0. The van der Waals surface area contributed by atoms with E-state index in [1.807, 2.05) is 0 Å². The van der Waals surface area contributed by atoms with Gasteiger partial charge in [0.1, 0.15) is 11.5 Å². The Morgan fingerprint density at radius 1 is 0.720 bits per heavy atom. The van der Waals surface area contributed by atoms with Gasteiger partial charge in [0.15, 0.2) is 0 Å². The number of aryl methyl sites for hydroxylation is 4. The highest BCUT2D eigenvalue weighted by molar-refractivity contribution is 5.52. The summed E-state index contributed by atoms with van der Waals surface area (Å²) in [6, 6.07) is 6.28. The van der Waals surface area contributed by atoms with E-state index in [9.17, 15) is 20.2 Å². The lowest BCUT2D eigenvalue weighted by molar-refractivity contribution is -0.386. The van der Waals surface area contributed by atoms with E-state index in [4.69, 9.17) is 9.47 Å². The number of benzene rings is 2. The second-order valence-corrected chi connectivity index (χ2v) is 5.73. The molecule has 2 aromatic rings. The van der Waals surface area contributed by atoms with Gasteiger partial charge in [0, 0.05) is 22.3 Å². The average molecular weight is 346 g/mol. The maximum atomic E-state index is 11.0. The van der Waals surface area contributed by atoms with Crippen molar-refractivity contribution in [2.45, 2.75) is 27.7 Å². The van der Waals surface area contributed by atoms with Gasteiger partial charge in [0.05, 0.1) is 9.85 Å². The fraction of sp³-hybridized carbons (Fsp3) is 0.294. The Bertz CT molecular complexity index is 732. The first kappa shape index (κ1) is 18.2. The zero-order chi connectivity index (χ0) is 18.7. The fourth-order valence-electron chi connectivity index (χ4n) is 2.74. The molecule has 8 nitrogen and oxygen atoms in total. The average Bonchev–Trinajstić information content (AvgIpc) is 2.44. The molecular weight excluding hydrogens is 328 g/mol. The minimum atomic E-state index is -0.423. The van der Waals surface area contributed by atoms with E-state index >= 15 is 0 Å². The maximum absolute atomic E-state index is 11.0. The van der Waals surface area contributed by atoms with Gasteiger partial charge in [-0.15, -0.1) is 0 Å². The van der Waals surface area contributed by atoms with Crippen LogP contribution in [0.2, 0.25) is 0 Å². The normalized spacial score (nSPS) is 10.4.